The number of aliphatic carboxylic acids is 1. The number of aryl methyl sites for hydroxylation is 1. The molecule has 1 heterocycles. The zero-order valence-electron chi connectivity index (χ0n) is 8.94. The van der Waals surface area contributed by atoms with E-state index in [4.69, 9.17) is 5.11 Å². The molecule has 0 aliphatic rings. The Hall–Kier alpha value is -1.91. The molecule has 1 aromatic heterocycles. The first-order valence-electron chi connectivity index (χ1n) is 4.86. The molecule has 1 atom stereocenters. The van der Waals surface area contributed by atoms with Gasteiger partial charge in [0.25, 0.3) is 0 Å². The highest BCUT2D eigenvalue weighted by molar-refractivity contribution is 5.88. The Labute approximate surface area is 91.3 Å². The van der Waals surface area contributed by atoms with Crippen molar-refractivity contribution >= 4 is 16.9 Å². The van der Waals surface area contributed by atoms with E-state index >= 15 is 0 Å². The number of rotatable bonds is 2. The van der Waals surface area contributed by atoms with Gasteiger partial charge in [0.1, 0.15) is 11.3 Å². The van der Waals surface area contributed by atoms with E-state index in [2.05, 4.69) is 5.10 Å². The molecular weight excluding hydrogens is 211 g/mol. The first-order valence-corrected chi connectivity index (χ1v) is 4.86. The van der Waals surface area contributed by atoms with Crippen LogP contribution in [0.1, 0.15) is 18.5 Å². The largest absolute Gasteiger partial charge is 0.481 e. The van der Waals surface area contributed by atoms with Gasteiger partial charge < -0.3 is 5.11 Å². The molecule has 0 aliphatic carbocycles. The number of benzene rings is 1. The maximum atomic E-state index is 13.5. The Morgan fingerprint density at radius 3 is 2.88 bits per heavy atom. The van der Waals surface area contributed by atoms with Crippen LogP contribution in [0.4, 0.5) is 4.39 Å². The van der Waals surface area contributed by atoms with Crippen molar-refractivity contribution in [1.29, 1.82) is 0 Å². The number of hydrogen-bond acceptors (Lipinski definition) is 2. The molecule has 1 unspecified atom stereocenters. The molecule has 16 heavy (non-hydrogen) atoms. The standard InChI is InChI=1S/C11H11FN2O2/c1-6(11(15)16)9-7-4-3-5-8(12)10(7)14(2)13-9/h3-6H,1-2H3,(H,15,16). The summed E-state index contributed by atoms with van der Waals surface area (Å²) in [6.45, 7) is 1.54. The molecule has 2 aromatic rings. The lowest BCUT2D eigenvalue weighted by Crippen LogP contribution is -2.08. The molecule has 1 aromatic carbocycles. The molecule has 84 valence electrons. The summed E-state index contributed by atoms with van der Waals surface area (Å²) in [7, 11) is 1.60. The molecular formula is C11H11FN2O2. The number of aromatic nitrogens is 2. The lowest BCUT2D eigenvalue weighted by molar-refractivity contribution is -0.138. The zero-order chi connectivity index (χ0) is 11.9. The Kier molecular flexibility index (Phi) is 2.38. The van der Waals surface area contributed by atoms with E-state index in [0.717, 1.165) is 0 Å². The maximum Gasteiger partial charge on any atom is 0.312 e. The van der Waals surface area contributed by atoms with E-state index in [1.165, 1.54) is 17.7 Å². The van der Waals surface area contributed by atoms with Gasteiger partial charge in [-0.15, -0.1) is 0 Å². The highest BCUT2D eigenvalue weighted by Crippen LogP contribution is 2.26. The quantitative estimate of drug-likeness (QED) is 0.844. The number of halogens is 1. The van der Waals surface area contributed by atoms with Crippen molar-refractivity contribution in [2.45, 2.75) is 12.8 Å². The van der Waals surface area contributed by atoms with Crippen LogP contribution in [0.2, 0.25) is 0 Å². The number of hydrogen-bond donors (Lipinski definition) is 1. The molecule has 0 fully saturated rings. The second-order valence-corrected chi connectivity index (χ2v) is 3.70. The average Bonchev–Trinajstić information content (AvgIpc) is 2.56. The molecule has 0 spiro atoms. The van der Waals surface area contributed by atoms with E-state index in [0.29, 0.717) is 16.6 Å². The molecule has 0 radical (unpaired) electrons. The third-order valence-corrected chi connectivity index (χ3v) is 2.62. The second kappa shape index (κ2) is 3.59. The van der Waals surface area contributed by atoms with Gasteiger partial charge in [-0.1, -0.05) is 12.1 Å². The smallest absolute Gasteiger partial charge is 0.312 e. The highest BCUT2D eigenvalue weighted by Gasteiger charge is 2.21. The van der Waals surface area contributed by atoms with E-state index in [1.807, 2.05) is 0 Å². The summed E-state index contributed by atoms with van der Waals surface area (Å²) < 4.78 is 14.9. The van der Waals surface area contributed by atoms with Gasteiger partial charge in [-0.3, -0.25) is 9.48 Å². The summed E-state index contributed by atoms with van der Waals surface area (Å²) in [5, 5.41) is 13.6. The monoisotopic (exact) mass is 222 g/mol. The summed E-state index contributed by atoms with van der Waals surface area (Å²) >= 11 is 0. The van der Waals surface area contributed by atoms with Crippen LogP contribution in [0.15, 0.2) is 18.2 Å². The van der Waals surface area contributed by atoms with Gasteiger partial charge in [0, 0.05) is 12.4 Å². The first-order chi connectivity index (χ1) is 7.52. The topological polar surface area (TPSA) is 55.1 Å². The van der Waals surface area contributed by atoms with Gasteiger partial charge in [-0.2, -0.15) is 5.10 Å². The van der Waals surface area contributed by atoms with Crippen LogP contribution in [-0.2, 0) is 11.8 Å². The molecule has 0 aliphatic heterocycles. The van der Waals surface area contributed by atoms with Crippen molar-refractivity contribution in [3.05, 3.63) is 29.7 Å². The summed E-state index contributed by atoms with van der Waals surface area (Å²) in [6, 6.07) is 4.57. The number of carboxylic acid groups (broad SMARTS) is 1. The zero-order valence-corrected chi connectivity index (χ0v) is 8.94. The van der Waals surface area contributed by atoms with Crippen molar-refractivity contribution in [2.24, 2.45) is 7.05 Å². The van der Waals surface area contributed by atoms with Crippen molar-refractivity contribution < 1.29 is 14.3 Å². The van der Waals surface area contributed by atoms with Gasteiger partial charge in [0.05, 0.1) is 11.6 Å². The molecule has 0 bridgehead atoms. The van der Waals surface area contributed by atoms with Crippen LogP contribution in [0.5, 0.6) is 0 Å². The summed E-state index contributed by atoms with van der Waals surface area (Å²) in [5.41, 5.74) is 0.732. The average molecular weight is 222 g/mol. The molecule has 2 rings (SSSR count). The first kappa shape index (κ1) is 10.6. The molecule has 0 saturated carbocycles. The SMILES string of the molecule is CC(C(=O)O)c1nn(C)c2c(F)cccc12. The van der Waals surface area contributed by atoms with E-state index in [1.54, 1.807) is 19.2 Å². The Balaban J connectivity index is 2.73. The molecule has 4 nitrogen and oxygen atoms in total. The Morgan fingerprint density at radius 2 is 2.25 bits per heavy atom. The third-order valence-electron chi connectivity index (χ3n) is 2.62. The van der Waals surface area contributed by atoms with E-state index in [9.17, 15) is 9.18 Å². The van der Waals surface area contributed by atoms with Crippen LogP contribution in [0.25, 0.3) is 10.9 Å². The lowest BCUT2D eigenvalue weighted by Gasteiger charge is -2.01. The van der Waals surface area contributed by atoms with Gasteiger partial charge in [0.15, 0.2) is 0 Å². The predicted octanol–water partition coefficient (Wildman–Crippen LogP) is 1.90. The van der Waals surface area contributed by atoms with Crippen LogP contribution < -0.4 is 0 Å². The second-order valence-electron chi connectivity index (χ2n) is 3.70. The Morgan fingerprint density at radius 1 is 1.56 bits per heavy atom. The summed E-state index contributed by atoms with van der Waals surface area (Å²) in [5.74, 6) is -2.11. The van der Waals surface area contributed by atoms with Crippen LogP contribution in [0, 0.1) is 5.82 Å². The fourth-order valence-corrected chi connectivity index (χ4v) is 1.75. The van der Waals surface area contributed by atoms with Gasteiger partial charge >= 0.3 is 5.97 Å². The number of para-hydroxylation sites is 1. The number of fused-ring (bicyclic) bond motifs is 1. The number of carboxylic acids is 1. The molecule has 0 saturated heterocycles. The fourth-order valence-electron chi connectivity index (χ4n) is 1.75. The molecule has 1 N–H and O–H groups in total. The van der Waals surface area contributed by atoms with Gasteiger partial charge in [-0.05, 0) is 13.0 Å². The lowest BCUT2D eigenvalue weighted by atomic mass is 10.0. The van der Waals surface area contributed by atoms with Crippen LogP contribution in [-0.4, -0.2) is 20.9 Å². The van der Waals surface area contributed by atoms with Crippen molar-refractivity contribution in [3.8, 4) is 0 Å². The van der Waals surface area contributed by atoms with Crippen LogP contribution >= 0.6 is 0 Å². The normalized spacial score (nSPS) is 12.9. The minimum absolute atomic E-state index is 0.339. The number of carbonyl (C=O) groups is 1. The minimum atomic E-state index is -0.968. The van der Waals surface area contributed by atoms with Crippen molar-refractivity contribution in [2.75, 3.05) is 0 Å². The minimum Gasteiger partial charge on any atom is -0.481 e. The highest BCUT2D eigenvalue weighted by atomic mass is 19.1. The maximum absolute atomic E-state index is 13.5. The fraction of sp³-hybridized carbons (Fsp3) is 0.273. The van der Waals surface area contributed by atoms with Gasteiger partial charge in [-0.25, -0.2) is 4.39 Å². The Bertz CT molecular complexity index is 562. The van der Waals surface area contributed by atoms with Crippen LogP contribution in [0.3, 0.4) is 0 Å². The van der Waals surface area contributed by atoms with E-state index in [-0.39, 0.29) is 0 Å². The predicted molar refractivity (Wildman–Crippen MR) is 56.7 cm³/mol. The molecule has 0 amide bonds. The van der Waals surface area contributed by atoms with Crippen molar-refractivity contribution in [3.63, 3.8) is 0 Å². The third kappa shape index (κ3) is 1.44. The summed E-state index contributed by atoms with van der Waals surface area (Å²) in [4.78, 5) is 10.9. The molecule has 5 heteroatoms. The van der Waals surface area contributed by atoms with E-state index < -0.39 is 17.7 Å². The van der Waals surface area contributed by atoms with Gasteiger partial charge in [0.2, 0.25) is 0 Å². The number of nitrogens with zero attached hydrogens (tertiary/aromatic N) is 2. The van der Waals surface area contributed by atoms with Crippen molar-refractivity contribution in [1.82, 2.24) is 9.78 Å². The summed E-state index contributed by atoms with van der Waals surface area (Å²) in [6.07, 6.45) is 0.